The maximum atomic E-state index is 13.2. The van der Waals surface area contributed by atoms with E-state index in [0.29, 0.717) is 24.0 Å². The van der Waals surface area contributed by atoms with E-state index in [-0.39, 0.29) is 11.4 Å². The van der Waals surface area contributed by atoms with Crippen molar-refractivity contribution in [2.75, 3.05) is 7.05 Å². The van der Waals surface area contributed by atoms with Gasteiger partial charge in [-0.3, -0.25) is 9.78 Å². The Morgan fingerprint density at radius 1 is 1.11 bits per heavy atom. The van der Waals surface area contributed by atoms with Crippen LogP contribution in [0.1, 0.15) is 62.5 Å². The Morgan fingerprint density at radius 3 is 2.51 bits per heavy atom. The van der Waals surface area contributed by atoms with Crippen LogP contribution < -0.4 is 0 Å². The van der Waals surface area contributed by atoms with E-state index in [1.54, 1.807) is 22.8 Å². The van der Waals surface area contributed by atoms with E-state index in [1.165, 1.54) is 0 Å². The van der Waals surface area contributed by atoms with Crippen molar-refractivity contribution >= 4 is 5.91 Å². The molecule has 182 valence electrons. The van der Waals surface area contributed by atoms with E-state index in [0.717, 1.165) is 41.6 Å². The molecule has 4 aromatic rings. The number of H-pyrrole nitrogens is 1. The molecular formula is C25H31N9O. The molecule has 0 spiro atoms. The van der Waals surface area contributed by atoms with Crippen molar-refractivity contribution in [1.82, 2.24) is 45.3 Å². The maximum absolute atomic E-state index is 13.2. The number of hydrogen-bond donors (Lipinski definition) is 1. The summed E-state index contributed by atoms with van der Waals surface area (Å²) < 4.78 is 1.69. The SMILES string of the molecule is CCCCc1nc(C(=O)N(C)C(C)(C)C)n(Cc2ccc(-c3ccccc3-c3nn[nH]n3)nc2)n1. The van der Waals surface area contributed by atoms with Crippen molar-refractivity contribution in [3.63, 3.8) is 0 Å². The molecule has 0 aliphatic heterocycles. The standard InChI is InChI=1S/C25H31N9O/c1-6-7-12-21-27-23(24(35)33(5)25(2,3)4)34(30-21)16-17-13-14-20(26-15-17)18-10-8-9-11-19(18)22-28-31-32-29-22/h8-11,13-15H,6-7,12,16H2,1-5H3,(H,28,29,31,32). The number of nitrogens with one attached hydrogen (secondary N) is 1. The van der Waals surface area contributed by atoms with Gasteiger partial charge in [0.1, 0.15) is 0 Å². The van der Waals surface area contributed by atoms with Crippen LogP contribution in [-0.4, -0.2) is 63.8 Å². The Morgan fingerprint density at radius 2 is 1.89 bits per heavy atom. The summed E-state index contributed by atoms with van der Waals surface area (Å²) in [4.78, 5) is 24.2. The lowest BCUT2D eigenvalue weighted by Gasteiger charge is -2.31. The molecule has 3 heterocycles. The molecule has 4 rings (SSSR count). The Balaban J connectivity index is 1.61. The predicted octanol–water partition coefficient (Wildman–Crippen LogP) is 3.78. The van der Waals surface area contributed by atoms with Gasteiger partial charge in [-0.25, -0.2) is 9.67 Å². The third kappa shape index (κ3) is 5.42. The third-order valence-electron chi connectivity index (χ3n) is 5.92. The van der Waals surface area contributed by atoms with Crippen molar-refractivity contribution in [2.24, 2.45) is 0 Å². The molecule has 0 saturated carbocycles. The number of hydrogen-bond acceptors (Lipinski definition) is 7. The molecule has 3 aromatic heterocycles. The molecule has 10 heteroatoms. The number of aryl methyl sites for hydroxylation is 1. The van der Waals surface area contributed by atoms with Gasteiger partial charge in [-0.2, -0.15) is 10.3 Å². The number of carbonyl (C=O) groups is 1. The summed E-state index contributed by atoms with van der Waals surface area (Å²) in [5, 5.41) is 19.0. The number of amides is 1. The van der Waals surface area contributed by atoms with Crippen LogP contribution in [0.5, 0.6) is 0 Å². The Kier molecular flexibility index (Phi) is 6.99. The van der Waals surface area contributed by atoms with Gasteiger partial charge in [-0.1, -0.05) is 43.7 Å². The topological polar surface area (TPSA) is 118 Å². The zero-order valence-corrected chi connectivity index (χ0v) is 20.9. The molecule has 0 atom stereocenters. The summed E-state index contributed by atoms with van der Waals surface area (Å²) in [5.41, 5.74) is 3.14. The van der Waals surface area contributed by atoms with Crippen LogP contribution in [0, 0.1) is 0 Å². The number of pyridine rings is 1. The van der Waals surface area contributed by atoms with Gasteiger partial charge in [0, 0.05) is 36.3 Å². The minimum atomic E-state index is -0.327. The van der Waals surface area contributed by atoms with Crippen LogP contribution in [0.3, 0.4) is 0 Å². The second kappa shape index (κ2) is 10.1. The lowest BCUT2D eigenvalue weighted by molar-refractivity contribution is 0.0637. The van der Waals surface area contributed by atoms with Crippen LogP contribution in [-0.2, 0) is 13.0 Å². The molecule has 0 unspecified atom stereocenters. The first kappa shape index (κ1) is 24.2. The minimum absolute atomic E-state index is 0.147. The van der Waals surface area contributed by atoms with Crippen LogP contribution in [0.4, 0.5) is 0 Å². The molecule has 1 aromatic carbocycles. The van der Waals surface area contributed by atoms with Gasteiger partial charge < -0.3 is 4.90 Å². The van der Waals surface area contributed by atoms with Gasteiger partial charge >= 0.3 is 0 Å². The van der Waals surface area contributed by atoms with Crippen molar-refractivity contribution < 1.29 is 4.79 Å². The van der Waals surface area contributed by atoms with Gasteiger partial charge in [0.05, 0.1) is 12.2 Å². The monoisotopic (exact) mass is 473 g/mol. The highest BCUT2D eigenvalue weighted by Crippen LogP contribution is 2.28. The molecule has 0 saturated heterocycles. The molecule has 1 N–H and O–H groups in total. The molecule has 0 aliphatic carbocycles. The second-order valence-electron chi connectivity index (χ2n) is 9.48. The van der Waals surface area contributed by atoms with Gasteiger partial charge in [-0.15, -0.1) is 10.2 Å². The molecule has 1 amide bonds. The number of nitrogens with zero attached hydrogens (tertiary/aromatic N) is 8. The molecular weight excluding hydrogens is 442 g/mol. The van der Waals surface area contributed by atoms with Crippen molar-refractivity contribution in [2.45, 2.75) is 59.0 Å². The number of rotatable bonds is 8. The fourth-order valence-electron chi connectivity index (χ4n) is 3.58. The summed E-state index contributed by atoms with van der Waals surface area (Å²) in [6.07, 6.45) is 4.56. The molecule has 10 nitrogen and oxygen atoms in total. The summed E-state index contributed by atoms with van der Waals surface area (Å²) in [6.45, 7) is 8.52. The number of aromatic amines is 1. The first-order valence-electron chi connectivity index (χ1n) is 11.8. The summed E-state index contributed by atoms with van der Waals surface area (Å²) in [5.74, 6) is 1.40. The number of benzene rings is 1. The molecule has 0 bridgehead atoms. The van der Waals surface area contributed by atoms with Gasteiger partial charge in [-0.05, 0) is 44.0 Å². The third-order valence-corrected chi connectivity index (χ3v) is 5.92. The minimum Gasteiger partial charge on any atom is -0.334 e. The molecule has 0 fully saturated rings. The fraction of sp³-hybridized carbons (Fsp3) is 0.400. The van der Waals surface area contributed by atoms with Crippen LogP contribution >= 0.6 is 0 Å². The number of unbranched alkanes of at least 4 members (excludes halogenated alkanes) is 1. The van der Waals surface area contributed by atoms with E-state index in [4.69, 9.17) is 0 Å². The van der Waals surface area contributed by atoms with Crippen LogP contribution in [0.2, 0.25) is 0 Å². The van der Waals surface area contributed by atoms with E-state index in [2.05, 4.69) is 42.6 Å². The summed E-state index contributed by atoms with van der Waals surface area (Å²) in [6, 6.07) is 11.7. The zero-order chi connectivity index (χ0) is 25.0. The fourth-order valence-corrected chi connectivity index (χ4v) is 3.58. The van der Waals surface area contributed by atoms with Crippen molar-refractivity contribution in [3.05, 3.63) is 59.8 Å². The van der Waals surface area contributed by atoms with E-state index >= 15 is 0 Å². The van der Waals surface area contributed by atoms with Crippen molar-refractivity contribution in [1.29, 1.82) is 0 Å². The van der Waals surface area contributed by atoms with E-state index in [1.807, 2.05) is 57.2 Å². The highest BCUT2D eigenvalue weighted by molar-refractivity contribution is 5.91. The number of carbonyl (C=O) groups excluding carboxylic acids is 1. The van der Waals surface area contributed by atoms with Gasteiger partial charge in [0.25, 0.3) is 5.91 Å². The molecule has 0 radical (unpaired) electrons. The highest BCUT2D eigenvalue weighted by Gasteiger charge is 2.28. The average molecular weight is 474 g/mol. The second-order valence-corrected chi connectivity index (χ2v) is 9.48. The number of aromatic nitrogens is 8. The first-order chi connectivity index (χ1) is 16.8. The van der Waals surface area contributed by atoms with Gasteiger partial charge in [0.2, 0.25) is 11.6 Å². The Bertz CT molecular complexity index is 1270. The average Bonchev–Trinajstić information content (AvgIpc) is 3.52. The predicted molar refractivity (Wildman–Crippen MR) is 132 cm³/mol. The highest BCUT2D eigenvalue weighted by atomic mass is 16.2. The Hall–Kier alpha value is -3.95. The first-order valence-corrected chi connectivity index (χ1v) is 11.8. The molecule has 35 heavy (non-hydrogen) atoms. The normalized spacial score (nSPS) is 11.6. The summed E-state index contributed by atoms with van der Waals surface area (Å²) in [7, 11) is 1.80. The zero-order valence-electron chi connectivity index (χ0n) is 20.9. The van der Waals surface area contributed by atoms with Crippen LogP contribution in [0.15, 0.2) is 42.6 Å². The molecule has 0 aliphatic rings. The lowest BCUT2D eigenvalue weighted by Crippen LogP contribution is -2.43. The lowest BCUT2D eigenvalue weighted by atomic mass is 10.0. The Labute approximate surface area is 204 Å². The van der Waals surface area contributed by atoms with Gasteiger partial charge in [0.15, 0.2) is 5.82 Å². The van der Waals surface area contributed by atoms with E-state index < -0.39 is 0 Å². The van der Waals surface area contributed by atoms with E-state index in [9.17, 15) is 4.79 Å². The quantitative estimate of drug-likeness (QED) is 0.414. The smallest absolute Gasteiger partial charge is 0.291 e. The van der Waals surface area contributed by atoms with Crippen LogP contribution in [0.25, 0.3) is 22.6 Å². The number of tetrazole rings is 1. The largest absolute Gasteiger partial charge is 0.334 e. The van der Waals surface area contributed by atoms with Crippen molar-refractivity contribution in [3.8, 4) is 22.6 Å². The maximum Gasteiger partial charge on any atom is 0.291 e. The summed E-state index contributed by atoms with van der Waals surface area (Å²) >= 11 is 0.